The normalized spacial score (nSPS) is 33.5. The fourth-order valence-corrected chi connectivity index (χ4v) is 1.87. The second kappa shape index (κ2) is 3.42. The van der Waals surface area contributed by atoms with Crippen LogP contribution < -0.4 is 0 Å². The largest absolute Gasteiger partial charge is 0.483 e. The second-order valence-corrected chi connectivity index (χ2v) is 3.70. The summed E-state index contributed by atoms with van der Waals surface area (Å²) in [5.74, 6) is 0. The standard InChI is InChI=1S/C8H13BO4/c10-9(11)7-1-3-8(4-2-7)5-6-12-13-8/h1,10-11H,2-6H2. The summed E-state index contributed by atoms with van der Waals surface area (Å²) in [7, 11) is -1.31. The summed E-state index contributed by atoms with van der Waals surface area (Å²) in [4.78, 5) is 10.1. The van der Waals surface area contributed by atoms with Crippen molar-refractivity contribution < 1.29 is 19.8 Å². The lowest BCUT2D eigenvalue weighted by molar-refractivity contribution is -0.310. The molecule has 2 rings (SSSR count). The van der Waals surface area contributed by atoms with Crippen molar-refractivity contribution in [3.63, 3.8) is 0 Å². The highest BCUT2D eigenvalue weighted by Crippen LogP contribution is 2.37. The van der Waals surface area contributed by atoms with Gasteiger partial charge in [0.2, 0.25) is 0 Å². The quantitative estimate of drug-likeness (QED) is 0.451. The molecule has 13 heavy (non-hydrogen) atoms. The lowest BCUT2D eigenvalue weighted by Gasteiger charge is -2.28. The Hall–Kier alpha value is -0.355. The maximum atomic E-state index is 8.92. The Bertz CT molecular complexity index is 220. The molecular formula is C8H13BO4. The summed E-state index contributed by atoms with van der Waals surface area (Å²) in [6.45, 7) is 0.644. The molecule has 0 saturated carbocycles. The third-order valence-electron chi connectivity index (χ3n) is 2.81. The van der Waals surface area contributed by atoms with Crippen molar-refractivity contribution in [1.29, 1.82) is 0 Å². The Morgan fingerprint density at radius 2 is 2.23 bits per heavy atom. The highest BCUT2D eigenvalue weighted by molar-refractivity contribution is 6.50. The van der Waals surface area contributed by atoms with E-state index in [0.29, 0.717) is 18.5 Å². The first-order chi connectivity index (χ1) is 6.22. The van der Waals surface area contributed by atoms with E-state index < -0.39 is 7.12 Å². The van der Waals surface area contributed by atoms with Gasteiger partial charge in [0, 0.05) is 6.42 Å². The van der Waals surface area contributed by atoms with Gasteiger partial charge in [-0.15, -0.1) is 0 Å². The van der Waals surface area contributed by atoms with Gasteiger partial charge in [-0.1, -0.05) is 6.08 Å². The second-order valence-electron chi connectivity index (χ2n) is 3.70. The van der Waals surface area contributed by atoms with Crippen LogP contribution in [0.5, 0.6) is 0 Å². The zero-order valence-electron chi connectivity index (χ0n) is 7.40. The van der Waals surface area contributed by atoms with Crippen molar-refractivity contribution >= 4 is 7.12 Å². The Labute approximate surface area is 77.2 Å². The lowest BCUT2D eigenvalue weighted by atomic mass is 9.70. The zero-order valence-corrected chi connectivity index (χ0v) is 7.40. The van der Waals surface area contributed by atoms with Crippen LogP contribution in [-0.2, 0) is 9.78 Å². The zero-order chi connectivity index (χ0) is 9.31. The maximum Gasteiger partial charge on any atom is 0.483 e. The van der Waals surface area contributed by atoms with Gasteiger partial charge < -0.3 is 10.0 Å². The van der Waals surface area contributed by atoms with Crippen LogP contribution in [-0.4, -0.2) is 29.4 Å². The first kappa shape index (κ1) is 9.21. The first-order valence-corrected chi connectivity index (χ1v) is 4.58. The maximum absolute atomic E-state index is 8.92. The highest BCUT2D eigenvalue weighted by Gasteiger charge is 2.39. The summed E-state index contributed by atoms with van der Waals surface area (Å²) in [5, 5.41) is 17.8. The van der Waals surface area contributed by atoms with E-state index >= 15 is 0 Å². The molecule has 1 unspecified atom stereocenters. The van der Waals surface area contributed by atoms with Crippen LogP contribution in [0.25, 0.3) is 0 Å². The van der Waals surface area contributed by atoms with Gasteiger partial charge in [0.05, 0.1) is 6.61 Å². The van der Waals surface area contributed by atoms with Gasteiger partial charge in [-0.05, 0) is 24.7 Å². The van der Waals surface area contributed by atoms with Crippen molar-refractivity contribution in [2.24, 2.45) is 0 Å². The van der Waals surface area contributed by atoms with Crippen LogP contribution in [0.15, 0.2) is 11.5 Å². The summed E-state index contributed by atoms with van der Waals surface area (Å²) in [6, 6.07) is 0. The van der Waals surface area contributed by atoms with E-state index in [0.717, 1.165) is 19.3 Å². The van der Waals surface area contributed by atoms with Crippen LogP contribution in [0.2, 0.25) is 0 Å². The highest BCUT2D eigenvalue weighted by atomic mass is 17.2. The molecule has 2 aliphatic rings. The summed E-state index contributed by atoms with van der Waals surface area (Å²) in [6.07, 6.45) is 4.97. The van der Waals surface area contributed by atoms with E-state index in [2.05, 4.69) is 0 Å². The predicted octanol–water partition coefficient (Wildman–Crippen LogP) is 0.199. The van der Waals surface area contributed by atoms with E-state index in [1.165, 1.54) is 0 Å². The van der Waals surface area contributed by atoms with Crippen molar-refractivity contribution in [3.05, 3.63) is 11.5 Å². The Morgan fingerprint density at radius 1 is 1.38 bits per heavy atom. The number of allylic oxidation sites excluding steroid dienone is 1. The fourth-order valence-electron chi connectivity index (χ4n) is 1.87. The molecule has 1 fully saturated rings. The van der Waals surface area contributed by atoms with Crippen LogP contribution in [0.3, 0.4) is 0 Å². The smallest absolute Gasteiger partial charge is 0.423 e. The number of rotatable bonds is 1. The van der Waals surface area contributed by atoms with E-state index in [-0.39, 0.29) is 5.60 Å². The fraction of sp³-hybridized carbons (Fsp3) is 0.750. The van der Waals surface area contributed by atoms with Crippen LogP contribution >= 0.6 is 0 Å². The predicted molar refractivity (Wildman–Crippen MR) is 46.5 cm³/mol. The van der Waals surface area contributed by atoms with E-state index in [1.807, 2.05) is 6.08 Å². The first-order valence-electron chi connectivity index (χ1n) is 4.58. The monoisotopic (exact) mass is 184 g/mol. The number of hydrogen-bond acceptors (Lipinski definition) is 4. The van der Waals surface area contributed by atoms with Gasteiger partial charge in [0.1, 0.15) is 5.60 Å². The molecule has 2 N–H and O–H groups in total. The van der Waals surface area contributed by atoms with Crippen LogP contribution in [0.1, 0.15) is 25.7 Å². The molecule has 1 heterocycles. The number of hydrogen-bond donors (Lipinski definition) is 2. The van der Waals surface area contributed by atoms with Crippen molar-refractivity contribution in [3.8, 4) is 0 Å². The molecule has 0 amide bonds. The summed E-state index contributed by atoms with van der Waals surface area (Å²) < 4.78 is 0. The van der Waals surface area contributed by atoms with E-state index in [1.54, 1.807) is 0 Å². The Kier molecular flexibility index (Phi) is 2.42. The van der Waals surface area contributed by atoms with E-state index in [9.17, 15) is 0 Å². The molecule has 0 radical (unpaired) electrons. The van der Waals surface area contributed by atoms with Gasteiger partial charge in [-0.25, -0.2) is 9.78 Å². The van der Waals surface area contributed by atoms with Gasteiger partial charge in [0.15, 0.2) is 0 Å². The average Bonchev–Trinajstić information content (AvgIpc) is 2.54. The van der Waals surface area contributed by atoms with Gasteiger partial charge in [0.25, 0.3) is 0 Å². The average molecular weight is 184 g/mol. The van der Waals surface area contributed by atoms with E-state index in [4.69, 9.17) is 19.8 Å². The molecule has 1 spiro atoms. The minimum absolute atomic E-state index is 0.182. The molecule has 0 aromatic carbocycles. The van der Waals surface area contributed by atoms with Gasteiger partial charge >= 0.3 is 7.12 Å². The third kappa shape index (κ3) is 1.78. The van der Waals surface area contributed by atoms with Crippen LogP contribution in [0.4, 0.5) is 0 Å². The SMILES string of the molecule is OB(O)C1=CCC2(CCOO2)CC1. The molecule has 1 saturated heterocycles. The molecule has 1 atom stereocenters. The Morgan fingerprint density at radius 3 is 2.69 bits per heavy atom. The summed E-state index contributed by atoms with van der Waals surface area (Å²) in [5.41, 5.74) is 0.513. The molecule has 5 heteroatoms. The van der Waals surface area contributed by atoms with Crippen LogP contribution in [0, 0.1) is 0 Å². The van der Waals surface area contributed by atoms with Crippen molar-refractivity contribution in [2.75, 3.05) is 6.61 Å². The summed E-state index contributed by atoms with van der Waals surface area (Å²) >= 11 is 0. The van der Waals surface area contributed by atoms with Gasteiger partial charge in [-0.3, -0.25) is 0 Å². The van der Waals surface area contributed by atoms with Crippen molar-refractivity contribution in [2.45, 2.75) is 31.3 Å². The molecular weight excluding hydrogens is 171 g/mol. The molecule has 0 aromatic heterocycles. The Balaban J connectivity index is 2.02. The molecule has 1 aliphatic heterocycles. The molecule has 0 aromatic rings. The molecule has 72 valence electrons. The molecule has 4 nitrogen and oxygen atoms in total. The minimum Gasteiger partial charge on any atom is -0.423 e. The van der Waals surface area contributed by atoms with Gasteiger partial charge in [-0.2, -0.15) is 0 Å². The molecule has 0 bridgehead atoms. The molecule has 1 aliphatic carbocycles. The minimum atomic E-state index is -1.31. The third-order valence-corrected chi connectivity index (χ3v) is 2.81. The van der Waals surface area contributed by atoms with Crippen molar-refractivity contribution in [1.82, 2.24) is 0 Å². The topological polar surface area (TPSA) is 58.9 Å². The lowest BCUT2D eigenvalue weighted by Crippen LogP contribution is -2.32.